The van der Waals surface area contributed by atoms with Crippen molar-refractivity contribution in [3.8, 4) is 22.5 Å². The second-order valence-electron chi connectivity index (χ2n) is 7.87. The molecule has 0 radical (unpaired) electrons. The minimum absolute atomic E-state index is 0. The van der Waals surface area contributed by atoms with Crippen LogP contribution in [0.4, 0.5) is 5.69 Å². The van der Waals surface area contributed by atoms with Crippen molar-refractivity contribution in [3.63, 3.8) is 0 Å². The maximum absolute atomic E-state index is 4.38. The third kappa shape index (κ3) is 7.92. The average Bonchev–Trinajstić information content (AvgIpc) is 2.80. The van der Waals surface area contributed by atoms with Gasteiger partial charge in [0, 0.05) is 38.7 Å². The molecular weight excluding hydrogens is 587 g/mol. The van der Waals surface area contributed by atoms with Gasteiger partial charge in [0.2, 0.25) is 0 Å². The molecule has 172 valence electrons. The van der Waals surface area contributed by atoms with Crippen LogP contribution in [0.1, 0.15) is 16.7 Å². The number of pyridine rings is 2. The standard InChI is InChI=1S/2C14H15N2.Pt/c1-11-5-4-6-12(9-11)14-10-13(16(2)3)7-8-15-14;1-11-4-3-5-13(8-11)14-9-12(10-15-2)6-7-16-14;/h4-8,10H,1-3H3;3-7,9,15H,10H2,1-2H3;/q2*-1;+2. The summed E-state index contributed by atoms with van der Waals surface area (Å²) in [6, 6.07) is 27.0. The first-order valence-electron chi connectivity index (χ1n) is 10.7. The van der Waals surface area contributed by atoms with E-state index in [0.29, 0.717) is 0 Å². The largest absolute Gasteiger partial charge is 2.00 e. The first kappa shape index (κ1) is 26.4. The molecule has 0 saturated carbocycles. The van der Waals surface area contributed by atoms with Crippen molar-refractivity contribution < 1.29 is 21.1 Å². The predicted octanol–water partition coefficient (Wildman–Crippen LogP) is 5.50. The van der Waals surface area contributed by atoms with Crippen molar-refractivity contribution in [2.75, 3.05) is 26.0 Å². The first-order valence-corrected chi connectivity index (χ1v) is 10.7. The Balaban J connectivity index is 0.000000227. The van der Waals surface area contributed by atoms with E-state index in [1.807, 2.05) is 95.9 Å². The molecule has 2 aromatic heterocycles. The summed E-state index contributed by atoms with van der Waals surface area (Å²) in [5.41, 5.74) is 8.71. The molecule has 1 N–H and O–H groups in total. The van der Waals surface area contributed by atoms with Crippen LogP contribution in [0.3, 0.4) is 0 Å². The summed E-state index contributed by atoms with van der Waals surface area (Å²) in [5, 5.41) is 3.14. The van der Waals surface area contributed by atoms with E-state index in [2.05, 4.69) is 44.5 Å². The Morgan fingerprint density at radius 1 is 0.788 bits per heavy atom. The van der Waals surface area contributed by atoms with E-state index in [1.165, 1.54) is 5.56 Å². The maximum atomic E-state index is 4.38. The van der Waals surface area contributed by atoms with Gasteiger partial charge in [-0.25, -0.2) is 0 Å². The molecule has 0 aliphatic heterocycles. The Morgan fingerprint density at radius 3 is 1.85 bits per heavy atom. The van der Waals surface area contributed by atoms with E-state index in [-0.39, 0.29) is 21.1 Å². The Hall–Kier alpha value is -2.81. The summed E-state index contributed by atoms with van der Waals surface area (Å²) in [4.78, 5) is 10.8. The van der Waals surface area contributed by atoms with Crippen LogP contribution >= 0.6 is 0 Å². The van der Waals surface area contributed by atoms with Crippen LogP contribution in [0.2, 0.25) is 0 Å². The van der Waals surface area contributed by atoms with Crippen molar-refractivity contribution in [1.29, 1.82) is 0 Å². The second-order valence-corrected chi connectivity index (χ2v) is 7.87. The Labute approximate surface area is 212 Å². The van der Waals surface area contributed by atoms with E-state index in [1.54, 1.807) is 0 Å². The predicted molar refractivity (Wildman–Crippen MR) is 134 cm³/mol. The molecule has 0 unspecified atom stereocenters. The third-order valence-electron chi connectivity index (χ3n) is 4.90. The Morgan fingerprint density at radius 2 is 1.33 bits per heavy atom. The molecular formula is C28H30N4Pt. The van der Waals surface area contributed by atoms with Gasteiger partial charge in [0.15, 0.2) is 0 Å². The molecule has 2 aromatic carbocycles. The van der Waals surface area contributed by atoms with E-state index < -0.39 is 0 Å². The van der Waals surface area contributed by atoms with E-state index >= 15 is 0 Å². The summed E-state index contributed by atoms with van der Waals surface area (Å²) >= 11 is 0. The van der Waals surface area contributed by atoms with Gasteiger partial charge in [-0.15, -0.1) is 70.8 Å². The topological polar surface area (TPSA) is 41.1 Å². The second kappa shape index (κ2) is 13.0. The summed E-state index contributed by atoms with van der Waals surface area (Å²) in [6.07, 6.45) is 3.68. The quantitative estimate of drug-likeness (QED) is 0.301. The van der Waals surface area contributed by atoms with Gasteiger partial charge in [-0.2, -0.15) is 0 Å². The third-order valence-corrected chi connectivity index (χ3v) is 4.90. The SMILES string of the molecule is CNCc1ccnc(-c2[c-]c(C)ccc2)c1.Cc1[c-]c(-c2cc(N(C)C)ccn2)ccc1.[Pt+2]. The number of hydrogen-bond acceptors (Lipinski definition) is 4. The number of aryl methyl sites for hydroxylation is 2. The molecule has 0 spiro atoms. The zero-order valence-corrected chi connectivity index (χ0v) is 22.1. The molecule has 0 saturated heterocycles. The average molecular weight is 618 g/mol. The van der Waals surface area contributed by atoms with Crippen LogP contribution in [-0.2, 0) is 27.6 Å². The van der Waals surface area contributed by atoms with Crippen LogP contribution in [0, 0.1) is 26.0 Å². The van der Waals surface area contributed by atoms with Crippen LogP contribution in [-0.4, -0.2) is 31.1 Å². The molecule has 0 aliphatic carbocycles. The number of nitrogens with one attached hydrogen (secondary N) is 1. The molecule has 4 nitrogen and oxygen atoms in total. The van der Waals surface area contributed by atoms with Gasteiger partial charge in [0.1, 0.15) is 0 Å². The zero-order valence-electron chi connectivity index (χ0n) is 19.8. The molecule has 0 aliphatic rings. The Bertz CT molecular complexity index is 1160. The van der Waals surface area contributed by atoms with E-state index in [0.717, 1.165) is 45.9 Å². The van der Waals surface area contributed by atoms with Crippen molar-refractivity contribution in [2.24, 2.45) is 0 Å². The van der Waals surface area contributed by atoms with Crippen molar-refractivity contribution >= 4 is 5.69 Å². The molecule has 2 heterocycles. The smallest absolute Gasteiger partial charge is 0.378 e. The molecule has 0 bridgehead atoms. The fourth-order valence-corrected chi connectivity index (χ4v) is 3.25. The maximum Gasteiger partial charge on any atom is 2.00 e. The molecule has 0 amide bonds. The molecule has 5 heteroatoms. The zero-order chi connectivity index (χ0) is 22.9. The van der Waals surface area contributed by atoms with Crippen LogP contribution in [0.15, 0.2) is 73.1 Å². The summed E-state index contributed by atoms with van der Waals surface area (Å²) in [5.74, 6) is 0. The normalized spacial score (nSPS) is 9.97. The van der Waals surface area contributed by atoms with Gasteiger partial charge in [-0.3, -0.25) is 0 Å². The van der Waals surface area contributed by atoms with Crippen LogP contribution in [0.5, 0.6) is 0 Å². The number of hydrogen-bond donors (Lipinski definition) is 1. The summed E-state index contributed by atoms with van der Waals surface area (Å²) in [7, 11) is 6.00. The van der Waals surface area contributed by atoms with Gasteiger partial charge >= 0.3 is 21.1 Å². The number of benzene rings is 2. The van der Waals surface area contributed by atoms with Gasteiger partial charge < -0.3 is 20.2 Å². The fourth-order valence-electron chi connectivity index (χ4n) is 3.25. The number of rotatable bonds is 5. The molecule has 0 fully saturated rings. The van der Waals surface area contributed by atoms with Crippen LogP contribution < -0.4 is 10.2 Å². The van der Waals surface area contributed by atoms with Crippen molar-refractivity contribution in [1.82, 2.24) is 15.3 Å². The van der Waals surface area contributed by atoms with Crippen molar-refractivity contribution in [3.05, 3.63) is 102 Å². The monoisotopic (exact) mass is 617 g/mol. The van der Waals surface area contributed by atoms with Gasteiger partial charge in [0.25, 0.3) is 0 Å². The number of nitrogens with zero attached hydrogens (tertiary/aromatic N) is 3. The summed E-state index contributed by atoms with van der Waals surface area (Å²) < 4.78 is 0. The number of anilines is 1. The van der Waals surface area contributed by atoms with E-state index in [4.69, 9.17) is 0 Å². The molecule has 33 heavy (non-hydrogen) atoms. The van der Waals surface area contributed by atoms with Crippen molar-refractivity contribution in [2.45, 2.75) is 20.4 Å². The van der Waals surface area contributed by atoms with Crippen LogP contribution in [0.25, 0.3) is 22.5 Å². The molecule has 4 rings (SSSR count). The fraction of sp³-hybridized carbons (Fsp3) is 0.214. The number of aromatic nitrogens is 2. The minimum Gasteiger partial charge on any atom is -0.378 e. The van der Waals surface area contributed by atoms with Gasteiger partial charge in [-0.1, -0.05) is 26.0 Å². The first-order chi connectivity index (χ1) is 15.5. The molecule has 4 aromatic rings. The minimum atomic E-state index is 0. The molecule has 0 atom stereocenters. The Kier molecular flexibility index (Phi) is 10.4. The van der Waals surface area contributed by atoms with Gasteiger partial charge in [0.05, 0.1) is 0 Å². The van der Waals surface area contributed by atoms with E-state index in [9.17, 15) is 0 Å². The summed E-state index contributed by atoms with van der Waals surface area (Å²) in [6.45, 7) is 4.95. The van der Waals surface area contributed by atoms with Gasteiger partial charge in [-0.05, 0) is 36.1 Å².